The number of hydrogen-bond acceptors (Lipinski definition) is 0. The third-order valence-electron chi connectivity index (χ3n) is 8.22. The lowest BCUT2D eigenvalue weighted by atomic mass is 9.77. The zero-order valence-electron chi connectivity index (χ0n) is 19.9. The van der Waals surface area contributed by atoms with Gasteiger partial charge in [-0.3, -0.25) is 0 Å². The van der Waals surface area contributed by atoms with Crippen molar-refractivity contribution >= 4 is 0 Å². The number of fused-ring (bicyclic) bond motifs is 7. The van der Waals surface area contributed by atoms with Gasteiger partial charge in [-0.05, 0) is 80.6 Å². The Hall–Kier alpha value is -3.12. The Morgan fingerprint density at radius 2 is 1.03 bits per heavy atom. The molecule has 0 saturated carbocycles. The van der Waals surface area contributed by atoms with Crippen LogP contribution in [-0.4, -0.2) is 0 Å². The fourth-order valence-electron chi connectivity index (χ4n) is 6.62. The average Bonchev–Trinajstić information content (AvgIpc) is 3.15. The maximum Gasteiger partial charge on any atom is 0.0161 e. The van der Waals surface area contributed by atoms with Gasteiger partial charge in [-0.2, -0.15) is 0 Å². The molecule has 4 aromatic carbocycles. The Kier molecular flexibility index (Phi) is 3.81. The molecule has 2 aliphatic rings. The van der Waals surface area contributed by atoms with Gasteiger partial charge in [0.05, 0.1) is 0 Å². The van der Waals surface area contributed by atoms with E-state index in [0.29, 0.717) is 0 Å². The number of aryl methyl sites for hydroxylation is 1. The van der Waals surface area contributed by atoms with E-state index in [1.165, 1.54) is 66.8 Å². The van der Waals surface area contributed by atoms with E-state index in [1.54, 1.807) is 0 Å². The topological polar surface area (TPSA) is 0 Å². The molecule has 4 aromatic rings. The molecule has 0 amide bonds. The van der Waals surface area contributed by atoms with Crippen LogP contribution in [0.5, 0.6) is 0 Å². The lowest BCUT2D eigenvalue weighted by molar-refractivity contribution is 0.648. The van der Waals surface area contributed by atoms with E-state index >= 15 is 0 Å². The summed E-state index contributed by atoms with van der Waals surface area (Å²) in [5.41, 5.74) is 17.1. The molecule has 0 aliphatic heterocycles. The minimum atomic E-state index is -0.0237. The Balaban J connectivity index is 1.69. The smallest absolute Gasteiger partial charge is 0.0161 e. The van der Waals surface area contributed by atoms with E-state index in [0.717, 1.165) is 0 Å². The van der Waals surface area contributed by atoms with E-state index in [1.807, 2.05) is 0 Å². The van der Waals surface area contributed by atoms with Gasteiger partial charge in [0.15, 0.2) is 0 Å². The van der Waals surface area contributed by atoms with Crippen molar-refractivity contribution in [1.29, 1.82) is 0 Å². The van der Waals surface area contributed by atoms with Crippen molar-refractivity contribution < 1.29 is 0 Å². The summed E-state index contributed by atoms with van der Waals surface area (Å²) in [6.45, 7) is 14.1. The zero-order chi connectivity index (χ0) is 22.4. The molecule has 0 unspecified atom stereocenters. The molecule has 0 fully saturated rings. The summed E-state index contributed by atoms with van der Waals surface area (Å²) >= 11 is 0. The van der Waals surface area contributed by atoms with Crippen molar-refractivity contribution in [3.63, 3.8) is 0 Å². The second-order valence-corrected chi connectivity index (χ2v) is 10.7. The summed E-state index contributed by atoms with van der Waals surface area (Å²) in [6.07, 6.45) is 0. The molecule has 0 nitrogen and oxygen atoms in total. The lowest BCUT2D eigenvalue weighted by Crippen LogP contribution is -2.18. The van der Waals surface area contributed by atoms with E-state index in [4.69, 9.17) is 0 Å². The van der Waals surface area contributed by atoms with Gasteiger partial charge in [0.2, 0.25) is 0 Å². The van der Waals surface area contributed by atoms with Crippen LogP contribution in [0, 0.1) is 13.8 Å². The molecule has 2 aliphatic carbocycles. The Morgan fingerprint density at radius 1 is 0.469 bits per heavy atom. The molecule has 0 atom stereocenters. The second-order valence-electron chi connectivity index (χ2n) is 10.7. The molecule has 32 heavy (non-hydrogen) atoms. The van der Waals surface area contributed by atoms with Crippen LogP contribution in [0.15, 0.2) is 72.8 Å². The highest BCUT2D eigenvalue weighted by atomic mass is 14.5. The van der Waals surface area contributed by atoms with Crippen LogP contribution in [0.4, 0.5) is 0 Å². The highest BCUT2D eigenvalue weighted by molar-refractivity contribution is 5.99. The van der Waals surface area contributed by atoms with Crippen LogP contribution in [0.2, 0.25) is 0 Å². The Morgan fingerprint density at radius 3 is 1.75 bits per heavy atom. The summed E-state index contributed by atoms with van der Waals surface area (Å²) in [4.78, 5) is 0. The van der Waals surface area contributed by atoms with Gasteiger partial charge >= 0.3 is 0 Å². The monoisotopic (exact) mass is 414 g/mol. The van der Waals surface area contributed by atoms with E-state index in [-0.39, 0.29) is 10.8 Å². The van der Waals surface area contributed by atoms with Crippen molar-refractivity contribution in [2.75, 3.05) is 0 Å². The van der Waals surface area contributed by atoms with Crippen molar-refractivity contribution in [2.24, 2.45) is 0 Å². The van der Waals surface area contributed by atoms with Gasteiger partial charge in [0.1, 0.15) is 0 Å². The molecule has 0 bridgehead atoms. The van der Waals surface area contributed by atoms with E-state index < -0.39 is 0 Å². The van der Waals surface area contributed by atoms with Crippen molar-refractivity contribution in [2.45, 2.75) is 52.4 Å². The van der Waals surface area contributed by atoms with Gasteiger partial charge in [-0.25, -0.2) is 0 Å². The summed E-state index contributed by atoms with van der Waals surface area (Å²) in [5.74, 6) is 0. The molecule has 0 heteroatoms. The van der Waals surface area contributed by atoms with Crippen molar-refractivity contribution in [3.05, 3.63) is 106 Å². The molecule has 0 spiro atoms. The third kappa shape index (κ3) is 2.28. The quantitative estimate of drug-likeness (QED) is 0.292. The highest BCUT2D eigenvalue weighted by Crippen LogP contribution is 2.59. The first-order valence-corrected chi connectivity index (χ1v) is 11.7. The number of hydrogen-bond donors (Lipinski definition) is 0. The normalized spacial score (nSPS) is 16.3. The molecule has 0 N–H and O–H groups in total. The first kappa shape index (κ1) is 19.6. The van der Waals surface area contributed by atoms with Gasteiger partial charge in [0.25, 0.3) is 0 Å². The highest BCUT2D eigenvalue weighted by Gasteiger charge is 2.44. The van der Waals surface area contributed by atoms with Gasteiger partial charge in [-0.1, -0.05) is 100 Å². The molecular weight excluding hydrogens is 384 g/mol. The van der Waals surface area contributed by atoms with Gasteiger partial charge < -0.3 is 0 Å². The maximum atomic E-state index is 2.41. The summed E-state index contributed by atoms with van der Waals surface area (Å²) in [7, 11) is 0. The standard InChI is InChI=1S/C32H30/c1-19-11-7-8-12-21(19)22-15-16-24-29-27(32(5,6)30(24)20(22)2)18-17-26-28(29)23-13-9-10-14-25(23)31(26,3)4/h7-18H,1-6H3. The summed E-state index contributed by atoms with van der Waals surface area (Å²) in [6, 6.07) is 27.3. The third-order valence-corrected chi connectivity index (χ3v) is 8.22. The van der Waals surface area contributed by atoms with Crippen LogP contribution >= 0.6 is 0 Å². The van der Waals surface area contributed by atoms with Crippen molar-refractivity contribution in [1.82, 2.24) is 0 Å². The first-order chi connectivity index (χ1) is 15.2. The molecule has 0 saturated heterocycles. The van der Waals surface area contributed by atoms with Crippen LogP contribution in [-0.2, 0) is 10.8 Å². The Bertz CT molecular complexity index is 1430. The van der Waals surface area contributed by atoms with Crippen LogP contribution in [0.3, 0.4) is 0 Å². The van der Waals surface area contributed by atoms with Crippen LogP contribution in [0.1, 0.15) is 61.1 Å². The van der Waals surface area contributed by atoms with Crippen molar-refractivity contribution in [3.8, 4) is 33.4 Å². The molecular formula is C32H30. The number of benzene rings is 4. The fraction of sp³-hybridized carbons (Fsp3) is 0.250. The lowest BCUT2D eigenvalue weighted by Gasteiger charge is -2.26. The molecule has 0 heterocycles. The summed E-state index contributed by atoms with van der Waals surface area (Å²) < 4.78 is 0. The van der Waals surface area contributed by atoms with Crippen LogP contribution in [0.25, 0.3) is 33.4 Å². The summed E-state index contributed by atoms with van der Waals surface area (Å²) in [5, 5.41) is 0. The van der Waals surface area contributed by atoms with Gasteiger partial charge in [0, 0.05) is 10.8 Å². The predicted molar refractivity (Wildman–Crippen MR) is 136 cm³/mol. The molecule has 0 aromatic heterocycles. The van der Waals surface area contributed by atoms with Gasteiger partial charge in [-0.15, -0.1) is 0 Å². The molecule has 6 rings (SSSR count). The second kappa shape index (κ2) is 6.23. The zero-order valence-corrected chi connectivity index (χ0v) is 19.9. The van der Waals surface area contributed by atoms with Crippen LogP contribution < -0.4 is 0 Å². The maximum absolute atomic E-state index is 2.41. The molecule has 0 radical (unpaired) electrons. The van der Waals surface area contributed by atoms with E-state index in [2.05, 4.69) is 114 Å². The molecule has 158 valence electrons. The Labute approximate surface area is 192 Å². The first-order valence-electron chi connectivity index (χ1n) is 11.7. The SMILES string of the molecule is Cc1ccccc1-c1ccc2c(c1C)C(C)(C)c1ccc3c(c1-2)-c1ccccc1C3(C)C. The minimum Gasteiger partial charge on any atom is -0.0620 e. The minimum absolute atomic E-state index is 0.0237. The average molecular weight is 415 g/mol. The largest absolute Gasteiger partial charge is 0.0620 e. The number of rotatable bonds is 1. The predicted octanol–water partition coefficient (Wildman–Crippen LogP) is 8.58. The van der Waals surface area contributed by atoms with E-state index in [9.17, 15) is 0 Å². The fourth-order valence-corrected chi connectivity index (χ4v) is 6.62.